The molecule has 1 aromatic carbocycles. The first-order chi connectivity index (χ1) is 19.9. The molecule has 0 spiro atoms. The third-order valence-electron chi connectivity index (χ3n) is 8.19. The lowest BCUT2D eigenvalue weighted by Crippen LogP contribution is -2.44. The number of nitrogen functional groups attached to an aromatic ring is 1. The number of aromatic nitrogens is 4. The van der Waals surface area contributed by atoms with E-state index >= 15 is 0 Å². The smallest absolute Gasteiger partial charge is 0.242 e. The number of anilines is 1. The molecule has 0 atom stereocenters. The number of carbonyl (C=O) groups excluding carboxylic acids is 3. The van der Waals surface area contributed by atoms with Gasteiger partial charge in [-0.25, -0.2) is 4.98 Å². The second-order valence-corrected chi connectivity index (χ2v) is 10.7. The number of nitrogens with two attached hydrogens (primary N) is 1. The minimum Gasteiger partial charge on any atom is -0.383 e. The highest BCUT2D eigenvalue weighted by atomic mass is 16.2. The SMILES string of the molecule is CCC(=O)c1c(C2CCN(C(=O)CN3CCCC3=O)CC2)nc2c(-c3ccc(-c4ccccc4)nc3)cnn2c1N. The second kappa shape index (κ2) is 11.1. The van der Waals surface area contributed by atoms with E-state index in [9.17, 15) is 14.4 Å². The van der Waals surface area contributed by atoms with Crippen LogP contribution in [0.1, 0.15) is 61.0 Å². The topological polar surface area (TPSA) is 127 Å². The predicted octanol–water partition coefficient (Wildman–Crippen LogP) is 3.96. The molecule has 4 aromatic rings. The van der Waals surface area contributed by atoms with Gasteiger partial charge in [-0.1, -0.05) is 43.3 Å². The van der Waals surface area contributed by atoms with E-state index in [0.717, 1.165) is 28.8 Å². The van der Waals surface area contributed by atoms with Crippen molar-refractivity contribution < 1.29 is 14.4 Å². The number of benzene rings is 1. The van der Waals surface area contributed by atoms with E-state index in [1.807, 2.05) is 54.3 Å². The molecule has 2 N–H and O–H groups in total. The molecule has 2 saturated heterocycles. The Bertz CT molecular complexity index is 1610. The first-order valence-electron chi connectivity index (χ1n) is 14.2. The quantitative estimate of drug-likeness (QED) is 0.345. The van der Waals surface area contributed by atoms with Crippen molar-refractivity contribution in [3.05, 3.63) is 66.1 Å². The summed E-state index contributed by atoms with van der Waals surface area (Å²) in [5.41, 5.74) is 11.8. The van der Waals surface area contributed by atoms with Crippen LogP contribution >= 0.6 is 0 Å². The molecular weight excluding hydrogens is 518 g/mol. The van der Waals surface area contributed by atoms with Crippen molar-refractivity contribution in [1.29, 1.82) is 0 Å². The highest BCUT2D eigenvalue weighted by molar-refractivity contribution is 6.02. The number of piperidine rings is 1. The van der Waals surface area contributed by atoms with Crippen LogP contribution in [0.15, 0.2) is 54.9 Å². The van der Waals surface area contributed by atoms with Gasteiger partial charge in [0.2, 0.25) is 11.8 Å². The van der Waals surface area contributed by atoms with Crippen LogP contribution in [0.4, 0.5) is 5.82 Å². The maximum atomic E-state index is 13.1. The van der Waals surface area contributed by atoms with Gasteiger partial charge in [-0.3, -0.25) is 19.4 Å². The van der Waals surface area contributed by atoms with Crippen molar-refractivity contribution in [3.63, 3.8) is 0 Å². The lowest BCUT2D eigenvalue weighted by Gasteiger charge is -2.33. The first kappa shape index (κ1) is 26.6. The molecule has 2 amide bonds. The summed E-state index contributed by atoms with van der Waals surface area (Å²) in [5.74, 6) is 0.181. The number of ketones is 1. The predicted molar refractivity (Wildman–Crippen MR) is 155 cm³/mol. The zero-order chi connectivity index (χ0) is 28.5. The molecule has 0 saturated carbocycles. The van der Waals surface area contributed by atoms with Crippen molar-refractivity contribution in [1.82, 2.24) is 29.4 Å². The van der Waals surface area contributed by atoms with E-state index in [4.69, 9.17) is 10.7 Å². The van der Waals surface area contributed by atoms with Crippen molar-refractivity contribution in [2.45, 2.75) is 44.9 Å². The molecule has 2 aliphatic rings. The maximum absolute atomic E-state index is 13.1. The van der Waals surface area contributed by atoms with Crippen molar-refractivity contribution in [2.75, 3.05) is 31.9 Å². The maximum Gasteiger partial charge on any atom is 0.242 e. The molecule has 2 fully saturated rings. The summed E-state index contributed by atoms with van der Waals surface area (Å²) in [4.78, 5) is 51.1. The Morgan fingerprint density at radius 3 is 2.44 bits per heavy atom. The van der Waals surface area contributed by atoms with E-state index in [2.05, 4.69) is 10.1 Å². The third-order valence-corrected chi connectivity index (χ3v) is 8.19. The van der Waals surface area contributed by atoms with Gasteiger partial charge in [-0.2, -0.15) is 9.61 Å². The number of rotatable bonds is 7. The van der Waals surface area contributed by atoms with Gasteiger partial charge in [0, 0.05) is 61.3 Å². The molecule has 0 radical (unpaired) electrons. The molecule has 0 bridgehead atoms. The van der Waals surface area contributed by atoms with Crippen LogP contribution < -0.4 is 5.73 Å². The summed E-state index contributed by atoms with van der Waals surface area (Å²) in [6, 6.07) is 13.9. The summed E-state index contributed by atoms with van der Waals surface area (Å²) in [7, 11) is 0. The van der Waals surface area contributed by atoms with Crippen LogP contribution in [0.25, 0.3) is 28.0 Å². The molecule has 2 aliphatic heterocycles. The van der Waals surface area contributed by atoms with Gasteiger partial charge < -0.3 is 15.5 Å². The summed E-state index contributed by atoms with van der Waals surface area (Å²) < 4.78 is 1.54. The number of Topliss-reactive ketones (excluding diaryl/α,β-unsaturated/α-hetero) is 1. The van der Waals surface area contributed by atoms with E-state index < -0.39 is 0 Å². The van der Waals surface area contributed by atoms with Crippen molar-refractivity contribution in [2.24, 2.45) is 0 Å². The number of nitrogens with zero attached hydrogens (tertiary/aromatic N) is 6. The minimum atomic E-state index is -0.0797. The molecule has 10 nitrogen and oxygen atoms in total. The van der Waals surface area contributed by atoms with Crippen LogP contribution in [0.5, 0.6) is 0 Å². The first-order valence-corrected chi connectivity index (χ1v) is 14.2. The van der Waals surface area contributed by atoms with Crippen molar-refractivity contribution >= 4 is 29.1 Å². The molecule has 0 unspecified atom stereocenters. The number of hydrogen-bond donors (Lipinski definition) is 1. The van der Waals surface area contributed by atoms with Crippen LogP contribution in [-0.2, 0) is 9.59 Å². The zero-order valence-corrected chi connectivity index (χ0v) is 23.1. The Morgan fingerprint density at radius 1 is 1.00 bits per heavy atom. The average Bonchev–Trinajstić information content (AvgIpc) is 3.63. The Labute approximate surface area is 238 Å². The number of carbonyl (C=O) groups is 3. The minimum absolute atomic E-state index is 0.0315. The highest BCUT2D eigenvalue weighted by Crippen LogP contribution is 2.35. The van der Waals surface area contributed by atoms with E-state index in [-0.39, 0.29) is 35.9 Å². The van der Waals surface area contributed by atoms with Gasteiger partial charge in [0.15, 0.2) is 11.4 Å². The van der Waals surface area contributed by atoms with Gasteiger partial charge >= 0.3 is 0 Å². The summed E-state index contributed by atoms with van der Waals surface area (Å²) in [6.45, 7) is 3.66. The van der Waals surface area contributed by atoms with Crippen LogP contribution in [0.3, 0.4) is 0 Å². The van der Waals surface area contributed by atoms with Crippen LogP contribution in [-0.4, -0.2) is 73.2 Å². The number of fused-ring (bicyclic) bond motifs is 1. The number of pyridine rings is 1. The Kier molecular flexibility index (Phi) is 7.21. The van der Waals surface area contributed by atoms with Gasteiger partial charge in [0.05, 0.1) is 29.7 Å². The van der Waals surface area contributed by atoms with Gasteiger partial charge in [-0.15, -0.1) is 0 Å². The number of amides is 2. The van der Waals surface area contributed by atoms with E-state index in [0.29, 0.717) is 62.2 Å². The monoisotopic (exact) mass is 551 g/mol. The van der Waals surface area contributed by atoms with E-state index in [1.54, 1.807) is 21.8 Å². The molecule has 210 valence electrons. The van der Waals surface area contributed by atoms with Gasteiger partial charge in [0.1, 0.15) is 5.82 Å². The number of likely N-dealkylation sites (tertiary alicyclic amines) is 2. The van der Waals surface area contributed by atoms with Crippen LogP contribution in [0.2, 0.25) is 0 Å². The molecule has 6 rings (SSSR count). The van der Waals surface area contributed by atoms with E-state index in [1.165, 1.54) is 0 Å². The highest BCUT2D eigenvalue weighted by Gasteiger charge is 2.32. The molecule has 41 heavy (non-hydrogen) atoms. The Hall–Kier alpha value is -4.60. The molecular formula is C31H33N7O3. The molecule has 5 heterocycles. The summed E-state index contributed by atoms with van der Waals surface area (Å²) in [5, 5.41) is 4.49. The number of hydrogen-bond acceptors (Lipinski definition) is 7. The van der Waals surface area contributed by atoms with Crippen molar-refractivity contribution in [3.8, 4) is 22.4 Å². The van der Waals surface area contributed by atoms with Gasteiger partial charge in [0.25, 0.3) is 0 Å². The standard InChI is InChI=1S/C31H33N7O3/c1-2-25(39)28-29(21-12-15-36(16-13-21)27(41)19-37-14-6-9-26(37)40)35-31-23(18-34-38(31)30(28)32)22-10-11-24(33-17-22)20-7-4-3-5-8-20/h3-5,7-8,10-11,17-18,21H,2,6,9,12-16,19,32H2,1H3. The molecule has 0 aliphatic carbocycles. The Morgan fingerprint density at radius 2 is 1.78 bits per heavy atom. The molecule has 3 aromatic heterocycles. The van der Waals surface area contributed by atoms with Crippen LogP contribution in [0, 0.1) is 0 Å². The van der Waals surface area contributed by atoms with Gasteiger partial charge in [-0.05, 0) is 25.3 Å². The summed E-state index contributed by atoms with van der Waals surface area (Å²) >= 11 is 0. The fourth-order valence-electron chi connectivity index (χ4n) is 5.86. The molecule has 10 heteroatoms. The zero-order valence-electron chi connectivity index (χ0n) is 23.1. The third kappa shape index (κ3) is 5.05. The lowest BCUT2D eigenvalue weighted by atomic mass is 9.88. The average molecular weight is 552 g/mol. The lowest BCUT2D eigenvalue weighted by molar-refractivity contribution is -0.139. The fraction of sp³-hybridized carbons (Fsp3) is 0.355. The second-order valence-electron chi connectivity index (χ2n) is 10.7. The normalized spacial score (nSPS) is 16.1. The Balaban J connectivity index is 1.29. The largest absolute Gasteiger partial charge is 0.383 e. The summed E-state index contributed by atoms with van der Waals surface area (Å²) in [6.07, 6.45) is 6.45. The fourth-order valence-corrected chi connectivity index (χ4v) is 5.86.